The topological polar surface area (TPSA) is 57.6 Å². The molecule has 17 heavy (non-hydrogen) atoms. The van der Waals surface area contributed by atoms with Crippen LogP contribution in [0.5, 0.6) is 0 Å². The first-order chi connectivity index (χ1) is 7.83. The van der Waals surface area contributed by atoms with Crippen LogP contribution in [0, 0.1) is 0 Å². The van der Waals surface area contributed by atoms with Crippen molar-refractivity contribution in [1.82, 2.24) is 4.90 Å². The number of likely N-dealkylation sites (N-methyl/N-ethyl adjacent to an activating group) is 1. The average Bonchev–Trinajstić information content (AvgIpc) is 2.30. The fraction of sp³-hybridized carbons (Fsp3) is 0.273. The molecule has 0 fully saturated rings. The largest absolute Gasteiger partial charge is 0.479 e. The van der Waals surface area contributed by atoms with E-state index in [4.69, 9.17) is 23.2 Å². The maximum absolute atomic E-state index is 11.3. The normalized spacial score (nSPS) is 13.9. The van der Waals surface area contributed by atoms with Crippen molar-refractivity contribution in [1.29, 1.82) is 0 Å². The molecule has 1 aromatic carbocycles. The number of halogens is 2. The zero-order valence-electron chi connectivity index (χ0n) is 9.28. The predicted octanol–water partition coefficient (Wildman–Crippen LogP) is 2.38. The standard InChI is InChI=1S/C11H11Cl2NO3/c1-11(10(16)17,14(2)6-15)7-3-4-8(12)9(13)5-7/h3-6H,1-2H3,(H,16,17). The van der Waals surface area contributed by atoms with Crippen LogP contribution >= 0.6 is 23.2 Å². The smallest absolute Gasteiger partial charge is 0.334 e. The monoisotopic (exact) mass is 275 g/mol. The molecule has 1 atom stereocenters. The SMILES string of the molecule is CN(C=O)C(C)(C(=O)O)c1ccc(Cl)c(Cl)c1. The number of rotatable bonds is 4. The van der Waals surface area contributed by atoms with Crippen LogP contribution in [0.2, 0.25) is 10.0 Å². The van der Waals surface area contributed by atoms with E-state index in [2.05, 4.69) is 0 Å². The van der Waals surface area contributed by atoms with Crippen LogP contribution in [0.25, 0.3) is 0 Å². The Balaban J connectivity index is 3.37. The van der Waals surface area contributed by atoms with Crippen LogP contribution in [-0.2, 0) is 15.1 Å². The fourth-order valence-electron chi connectivity index (χ4n) is 1.38. The van der Waals surface area contributed by atoms with Crippen molar-refractivity contribution in [3.05, 3.63) is 33.8 Å². The quantitative estimate of drug-likeness (QED) is 0.859. The van der Waals surface area contributed by atoms with Crippen molar-refractivity contribution in [2.24, 2.45) is 0 Å². The Morgan fingerprint density at radius 2 is 2.00 bits per heavy atom. The lowest BCUT2D eigenvalue weighted by atomic mass is 9.91. The van der Waals surface area contributed by atoms with Gasteiger partial charge in [0.25, 0.3) is 0 Å². The summed E-state index contributed by atoms with van der Waals surface area (Å²) in [6.45, 7) is 1.42. The molecule has 0 saturated heterocycles. The highest BCUT2D eigenvalue weighted by Gasteiger charge is 2.39. The van der Waals surface area contributed by atoms with Gasteiger partial charge in [0.2, 0.25) is 6.41 Å². The van der Waals surface area contributed by atoms with Gasteiger partial charge in [-0.2, -0.15) is 0 Å². The van der Waals surface area contributed by atoms with Gasteiger partial charge in [-0.15, -0.1) is 0 Å². The van der Waals surface area contributed by atoms with Crippen LogP contribution in [0.1, 0.15) is 12.5 Å². The third-order valence-corrected chi connectivity index (χ3v) is 3.50. The molecule has 1 aromatic rings. The van der Waals surface area contributed by atoms with Crippen LogP contribution in [0.3, 0.4) is 0 Å². The minimum atomic E-state index is -1.48. The zero-order valence-corrected chi connectivity index (χ0v) is 10.8. The molecule has 0 aliphatic carbocycles. The Bertz CT molecular complexity index is 464. The van der Waals surface area contributed by atoms with E-state index in [0.29, 0.717) is 17.0 Å². The van der Waals surface area contributed by atoms with Gasteiger partial charge in [-0.05, 0) is 24.6 Å². The number of carboxylic acid groups (broad SMARTS) is 1. The highest BCUT2D eigenvalue weighted by Crippen LogP contribution is 2.31. The first kappa shape index (κ1) is 13.8. The second-order valence-electron chi connectivity index (χ2n) is 3.72. The van der Waals surface area contributed by atoms with Crippen molar-refractivity contribution in [3.8, 4) is 0 Å². The summed E-state index contributed by atoms with van der Waals surface area (Å²) in [5.74, 6) is -1.15. The van der Waals surface area contributed by atoms with Gasteiger partial charge >= 0.3 is 5.97 Å². The Hall–Kier alpha value is -1.26. The van der Waals surface area contributed by atoms with Gasteiger partial charge in [0, 0.05) is 7.05 Å². The number of hydrogen-bond donors (Lipinski definition) is 1. The molecule has 4 nitrogen and oxygen atoms in total. The molecule has 0 saturated carbocycles. The number of carbonyl (C=O) groups is 2. The third kappa shape index (κ3) is 2.37. The molecule has 1 unspecified atom stereocenters. The number of carboxylic acids is 1. The van der Waals surface area contributed by atoms with E-state index >= 15 is 0 Å². The van der Waals surface area contributed by atoms with E-state index in [-0.39, 0.29) is 5.02 Å². The summed E-state index contributed by atoms with van der Waals surface area (Å²) in [7, 11) is 1.39. The minimum Gasteiger partial charge on any atom is -0.479 e. The summed E-state index contributed by atoms with van der Waals surface area (Å²) >= 11 is 11.6. The first-order valence-corrected chi connectivity index (χ1v) is 5.46. The molecular formula is C11H11Cl2NO3. The molecule has 6 heteroatoms. The Morgan fingerprint density at radius 1 is 1.41 bits per heavy atom. The van der Waals surface area contributed by atoms with Gasteiger partial charge in [0.05, 0.1) is 10.0 Å². The van der Waals surface area contributed by atoms with E-state index in [1.165, 1.54) is 32.2 Å². The van der Waals surface area contributed by atoms with Crippen LogP contribution in [-0.4, -0.2) is 29.4 Å². The summed E-state index contributed by atoms with van der Waals surface area (Å²) in [4.78, 5) is 23.2. The Kier molecular flexibility index (Phi) is 4.01. The van der Waals surface area contributed by atoms with Gasteiger partial charge in [0.15, 0.2) is 5.54 Å². The molecular weight excluding hydrogens is 265 g/mol. The Labute approximate surface area is 109 Å². The molecule has 1 N–H and O–H groups in total. The number of amides is 1. The molecule has 0 spiro atoms. The molecule has 92 valence electrons. The molecule has 0 bridgehead atoms. The van der Waals surface area contributed by atoms with E-state index in [1.54, 1.807) is 0 Å². The van der Waals surface area contributed by atoms with E-state index in [9.17, 15) is 14.7 Å². The van der Waals surface area contributed by atoms with Crippen LogP contribution in [0.15, 0.2) is 18.2 Å². The first-order valence-electron chi connectivity index (χ1n) is 4.71. The van der Waals surface area contributed by atoms with Crippen LogP contribution in [0.4, 0.5) is 0 Å². The average molecular weight is 276 g/mol. The van der Waals surface area contributed by atoms with Crippen molar-refractivity contribution >= 4 is 35.6 Å². The Morgan fingerprint density at radius 3 is 2.41 bits per heavy atom. The van der Waals surface area contributed by atoms with Crippen molar-refractivity contribution in [3.63, 3.8) is 0 Å². The lowest BCUT2D eigenvalue weighted by Gasteiger charge is -2.32. The molecule has 1 rings (SSSR count). The predicted molar refractivity (Wildman–Crippen MR) is 65.3 cm³/mol. The highest BCUT2D eigenvalue weighted by atomic mass is 35.5. The van der Waals surface area contributed by atoms with E-state index in [0.717, 1.165) is 4.90 Å². The molecule has 0 radical (unpaired) electrons. The lowest BCUT2D eigenvalue weighted by molar-refractivity contribution is -0.153. The van der Waals surface area contributed by atoms with E-state index < -0.39 is 11.5 Å². The highest BCUT2D eigenvalue weighted by molar-refractivity contribution is 6.42. The fourth-order valence-corrected chi connectivity index (χ4v) is 1.68. The van der Waals surface area contributed by atoms with Gasteiger partial charge in [0.1, 0.15) is 0 Å². The van der Waals surface area contributed by atoms with Gasteiger partial charge in [-0.3, -0.25) is 4.79 Å². The number of nitrogens with zero attached hydrogens (tertiary/aromatic N) is 1. The van der Waals surface area contributed by atoms with Gasteiger partial charge in [-0.1, -0.05) is 29.3 Å². The van der Waals surface area contributed by atoms with Gasteiger partial charge < -0.3 is 10.0 Å². The molecule has 0 aliphatic rings. The van der Waals surface area contributed by atoms with Crippen LogP contribution < -0.4 is 0 Å². The summed E-state index contributed by atoms with van der Waals surface area (Å²) in [5.41, 5.74) is -1.09. The van der Waals surface area contributed by atoms with Crippen molar-refractivity contribution in [2.45, 2.75) is 12.5 Å². The maximum atomic E-state index is 11.3. The summed E-state index contributed by atoms with van der Waals surface area (Å²) in [5, 5.41) is 9.85. The number of benzene rings is 1. The molecule has 0 aliphatic heterocycles. The van der Waals surface area contributed by atoms with E-state index in [1.807, 2.05) is 0 Å². The molecule has 0 aromatic heterocycles. The lowest BCUT2D eigenvalue weighted by Crippen LogP contribution is -2.47. The molecule has 1 amide bonds. The second kappa shape index (κ2) is 4.94. The van der Waals surface area contributed by atoms with Gasteiger partial charge in [-0.25, -0.2) is 4.79 Å². The zero-order chi connectivity index (χ0) is 13.2. The minimum absolute atomic E-state index is 0.246. The second-order valence-corrected chi connectivity index (χ2v) is 4.54. The van der Waals surface area contributed by atoms with Crippen molar-refractivity contribution in [2.75, 3.05) is 7.05 Å². The van der Waals surface area contributed by atoms with Crippen molar-refractivity contribution < 1.29 is 14.7 Å². The number of carbonyl (C=O) groups excluding carboxylic acids is 1. The summed E-state index contributed by atoms with van der Waals surface area (Å²) in [6.07, 6.45) is 0.455. The number of aliphatic carboxylic acids is 1. The number of hydrogen-bond acceptors (Lipinski definition) is 2. The summed E-state index contributed by atoms with van der Waals surface area (Å²) in [6, 6.07) is 4.47. The maximum Gasteiger partial charge on any atom is 0.334 e. The third-order valence-electron chi connectivity index (χ3n) is 2.76. The molecule has 0 heterocycles. The summed E-state index contributed by atoms with van der Waals surface area (Å²) < 4.78 is 0.